The van der Waals surface area contributed by atoms with Crippen LogP contribution in [-0.4, -0.2) is 78.1 Å². The maximum absolute atomic E-state index is 10.2. The van der Waals surface area contributed by atoms with E-state index in [0.29, 0.717) is 11.0 Å². The normalized spacial score (nSPS) is 11.5. The number of hydrogen-bond donors (Lipinski definition) is 2. The van der Waals surface area contributed by atoms with Crippen LogP contribution in [-0.2, 0) is 9.09 Å². The van der Waals surface area contributed by atoms with E-state index in [4.69, 9.17) is 9.79 Å². The van der Waals surface area contributed by atoms with Gasteiger partial charge in [0.25, 0.3) is 0 Å². The molecule has 77 valence electrons. The Bertz CT molecular complexity index is 168. The third-order valence-electron chi connectivity index (χ3n) is 1.02. The summed E-state index contributed by atoms with van der Waals surface area (Å²) < 4.78 is 15.1. The fourth-order valence-electron chi connectivity index (χ4n) is 0.434. The zero-order valence-corrected chi connectivity index (χ0v) is 12.0. The van der Waals surface area contributed by atoms with Crippen LogP contribution in [0.25, 0.3) is 0 Å². The Hall–Kier alpha value is 1.36. The molecule has 0 saturated carbocycles. The Labute approximate surface area is 107 Å². The summed E-state index contributed by atoms with van der Waals surface area (Å²) in [6.07, 6.45) is 0. The van der Waals surface area contributed by atoms with Crippen molar-refractivity contribution in [3.05, 3.63) is 0 Å². The van der Waals surface area contributed by atoms with Gasteiger partial charge in [-0.25, -0.2) is 4.57 Å². The molecule has 0 saturated heterocycles. The molecule has 0 amide bonds. The Morgan fingerprint density at radius 2 is 1.69 bits per heavy atom. The van der Waals surface area contributed by atoms with Gasteiger partial charge in [-0.2, -0.15) is 0 Å². The number of rotatable bonds is 4. The van der Waals surface area contributed by atoms with Crippen LogP contribution in [0.2, 0.25) is 0 Å². The van der Waals surface area contributed by atoms with E-state index in [1.165, 1.54) is 0 Å². The van der Waals surface area contributed by atoms with Gasteiger partial charge in [0, 0.05) is 29.6 Å². The zero-order chi connectivity index (χ0) is 9.12. The fraction of sp³-hybridized carbons (Fsp3) is 1.00. The van der Waals surface area contributed by atoms with Crippen LogP contribution < -0.4 is 12.4 Å². The quantitative estimate of drug-likeness (QED) is 0.304. The molecule has 1 radical (unpaired) electrons. The molecule has 0 rings (SSSR count). The van der Waals surface area contributed by atoms with E-state index in [1.807, 2.05) is 21.1 Å². The Balaban J connectivity index is -0.000000500. The number of nitrogens with zero attached hydrogens (tertiary/aromatic N) is 1. The first-order chi connectivity index (χ1) is 4.71. The minimum Gasteiger partial charge on any atom is -1.00 e. The average molecular weight is 243 g/mol. The molecule has 0 atom stereocenters. The number of phosphoric acid groups is 1. The van der Waals surface area contributed by atoms with Crippen LogP contribution in [0.5, 0.6) is 0 Å². The second-order valence-electron chi connectivity index (χ2n) is 3.34. The topological polar surface area (TPSA) is 66.8 Å². The van der Waals surface area contributed by atoms with Crippen molar-refractivity contribution in [1.29, 1.82) is 0 Å². The van der Waals surface area contributed by atoms with Gasteiger partial charge in [-0.05, 0) is 0 Å². The molecule has 5 nitrogen and oxygen atoms in total. The summed E-state index contributed by atoms with van der Waals surface area (Å²) in [6, 6.07) is 0. The van der Waals surface area contributed by atoms with Crippen LogP contribution in [0.15, 0.2) is 0 Å². The van der Waals surface area contributed by atoms with E-state index < -0.39 is 7.82 Å². The SMILES string of the molecule is C[N+](C)(C)CCOP(=O)(O)O.[Cl-].[Na]. The summed E-state index contributed by atoms with van der Waals surface area (Å²) in [5.41, 5.74) is 0. The molecule has 0 aliphatic carbocycles. The smallest absolute Gasteiger partial charge is 0.469 e. The van der Waals surface area contributed by atoms with Gasteiger partial charge >= 0.3 is 7.82 Å². The number of likely N-dealkylation sites (N-methyl/N-ethyl adjacent to an activating group) is 1. The fourth-order valence-corrected chi connectivity index (χ4v) is 0.753. The zero-order valence-electron chi connectivity index (χ0n) is 8.40. The molecule has 0 spiro atoms. The predicted molar refractivity (Wildman–Crippen MR) is 46.6 cm³/mol. The Morgan fingerprint density at radius 3 is 1.92 bits per heavy atom. The number of halogens is 1. The monoisotopic (exact) mass is 242 g/mol. The van der Waals surface area contributed by atoms with Gasteiger partial charge in [0.05, 0.1) is 21.1 Å². The first kappa shape index (κ1) is 19.9. The minimum atomic E-state index is -4.26. The van der Waals surface area contributed by atoms with Gasteiger partial charge in [-0.3, -0.25) is 4.52 Å². The van der Waals surface area contributed by atoms with E-state index in [1.54, 1.807) is 0 Å². The van der Waals surface area contributed by atoms with E-state index >= 15 is 0 Å². The van der Waals surface area contributed by atoms with Crippen molar-refractivity contribution >= 4 is 37.4 Å². The molecular weight excluding hydrogens is 227 g/mol. The molecule has 0 fully saturated rings. The van der Waals surface area contributed by atoms with Crippen molar-refractivity contribution in [3.63, 3.8) is 0 Å². The molecule has 0 aromatic carbocycles. The van der Waals surface area contributed by atoms with Crippen LogP contribution >= 0.6 is 7.82 Å². The molecule has 0 bridgehead atoms. The molecule has 0 aromatic rings. The summed E-state index contributed by atoms with van der Waals surface area (Å²) in [5.74, 6) is 0. The standard InChI is InChI=1S/C5H14NO4P.ClH.Na/c1-6(2,3)4-5-10-11(7,8)9;;/h4-5H2,1-3H3,(H-,7,8,9);1H;. The molecule has 0 aliphatic rings. The second-order valence-corrected chi connectivity index (χ2v) is 4.58. The van der Waals surface area contributed by atoms with E-state index in [0.717, 1.165) is 0 Å². The Morgan fingerprint density at radius 1 is 1.31 bits per heavy atom. The van der Waals surface area contributed by atoms with Crippen LogP contribution in [0.3, 0.4) is 0 Å². The average Bonchev–Trinajstić information content (AvgIpc) is 1.55. The van der Waals surface area contributed by atoms with Crippen molar-refractivity contribution < 1.29 is 35.8 Å². The van der Waals surface area contributed by atoms with Gasteiger partial charge in [0.15, 0.2) is 0 Å². The first-order valence-electron chi connectivity index (χ1n) is 3.21. The van der Waals surface area contributed by atoms with Gasteiger partial charge < -0.3 is 26.7 Å². The van der Waals surface area contributed by atoms with Gasteiger partial charge in [0.2, 0.25) is 0 Å². The molecule has 13 heavy (non-hydrogen) atoms. The van der Waals surface area contributed by atoms with Gasteiger partial charge in [-0.15, -0.1) is 0 Å². The van der Waals surface area contributed by atoms with Crippen LogP contribution in [0, 0.1) is 0 Å². The number of quaternary nitrogens is 1. The summed E-state index contributed by atoms with van der Waals surface area (Å²) in [4.78, 5) is 16.6. The second kappa shape index (κ2) is 7.63. The summed E-state index contributed by atoms with van der Waals surface area (Å²) in [5, 5.41) is 0. The molecular formula is C5H15ClNNaO4P. The Kier molecular flexibility index (Phi) is 11.7. The summed E-state index contributed by atoms with van der Waals surface area (Å²) in [7, 11) is 1.50. The summed E-state index contributed by atoms with van der Waals surface area (Å²) >= 11 is 0. The van der Waals surface area contributed by atoms with Gasteiger partial charge in [-0.1, -0.05) is 0 Å². The third-order valence-corrected chi connectivity index (χ3v) is 1.54. The van der Waals surface area contributed by atoms with Crippen molar-refractivity contribution in [3.8, 4) is 0 Å². The minimum absolute atomic E-state index is 0. The maximum atomic E-state index is 10.2. The van der Waals surface area contributed by atoms with Crippen LogP contribution in [0.1, 0.15) is 0 Å². The maximum Gasteiger partial charge on any atom is 0.469 e. The molecule has 0 aromatic heterocycles. The first-order valence-corrected chi connectivity index (χ1v) is 4.74. The van der Waals surface area contributed by atoms with Gasteiger partial charge in [0.1, 0.15) is 13.2 Å². The van der Waals surface area contributed by atoms with Crippen molar-refractivity contribution in [1.82, 2.24) is 0 Å². The number of hydrogen-bond acceptors (Lipinski definition) is 2. The van der Waals surface area contributed by atoms with Crippen molar-refractivity contribution in [2.75, 3.05) is 34.3 Å². The molecule has 8 heteroatoms. The van der Waals surface area contributed by atoms with Crippen LogP contribution in [0.4, 0.5) is 0 Å². The molecule has 0 heterocycles. The van der Waals surface area contributed by atoms with E-state index in [-0.39, 0.29) is 48.6 Å². The molecule has 0 aliphatic heterocycles. The third kappa shape index (κ3) is 19.7. The predicted octanol–water partition coefficient (Wildman–Crippen LogP) is -3.57. The largest absolute Gasteiger partial charge is 1.00 e. The number of phosphoric ester groups is 1. The van der Waals surface area contributed by atoms with Crippen molar-refractivity contribution in [2.24, 2.45) is 0 Å². The molecule has 2 N–H and O–H groups in total. The van der Waals surface area contributed by atoms with E-state index in [9.17, 15) is 4.57 Å². The van der Waals surface area contributed by atoms with E-state index in [2.05, 4.69) is 4.52 Å². The summed E-state index contributed by atoms with van der Waals surface area (Å²) in [6.45, 7) is 0.652. The molecule has 0 unspecified atom stereocenters. The van der Waals surface area contributed by atoms with Crippen molar-refractivity contribution in [2.45, 2.75) is 0 Å².